The zero-order valence-corrected chi connectivity index (χ0v) is 18.6. The normalized spacial score (nSPS) is 14.6. The van der Waals surface area contributed by atoms with E-state index in [1.807, 2.05) is 4.83 Å². The molecule has 0 bridgehead atoms. The number of carbonyl (C=O) groups excluding carboxylic acids is 1. The van der Waals surface area contributed by atoms with Gasteiger partial charge in [0, 0.05) is 25.2 Å². The molecule has 0 fully saturated rings. The second kappa shape index (κ2) is 12.2. The Morgan fingerprint density at radius 1 is 1.31 bits per heavy atom. The quantitative estimate of drug-likeness (QED) is 0.192. The molecule has 32 heavy (non-hydrogen) atoms. The molecule has 178 valence electrons. The van der Waals surface area contributed by atoms with E-state index in [0.29, 0.717) is 23.9 Å². The van der Waals surface area contributed by atoms with Crippen LogP contribution in [0.1, 0.15) is 30.1 Å². The van der Waals surface area contributed by atoms with Crippen LogP contribution in [0, 0.1) is 0 Å². The molecule has 1 aliphatic heterocycles. The summed E-state index contributed by atoms with van der Waals surface area (Å²) in [4.78, 5) is 30.0. The summed E-state index contributed by atoms with van der Waals surface area (Å²) in [6.45, 7) is 3.45. The highest BCUT2D eigenvalue weighted by Crippen LogP contribution is 2.14. The Balaban J connectivity index is 1.94. The molecule has 1 aliphatic rings. The fourth-order valence-electron chi connectivity index (χ4n) is 2.76. The SMILES string of the molecule is CC(O)CS(=O)(=O)NN(CCC(=O)O)C(=O)c1ccc(OCCNC2=NCCCN2)cc1. The molecule has 5 N–H and O–H groups in total. The highest BCUT2D eigenvalue weighted by atomic mass is 32.2. The number of hydrogen-bond donors (Lipinski definition) is 5. The highest BCUT2D eigenvalue weighted by molar-refractivity contribution is 7.89. The number of hydrazine groups is 1. The standard InChI is InChI=1S/C19H29N5O7S/c1-14(25)13-32(29,30)23-24(11-7-17(26)27)18(28)15-3-5-16(6-4-15)31-12-10-22-19-20-8-2-9-21-19/h3-6,14,23,25H,2,7-13H2,1H3,(H,26,27)(H2,20,21,22). The number of nitrogens with zero attached hydrogens (tertiary/aromatic N) is 2. The third-order valence-corrected chi connectivity index (χ3v) is 5.59. The molecule has 0 spiro atoms. The van der Waals surface area contributed by atoms with E-state index in [4.69, 9.17) is 9.84 Å². The average Bonchev–Trinajstić information content (AvgIpc) is 2.74. The van der Waals surface area contributed by atoms with Gasteiger partial charge in [0.2, 0.25) is 10.0 Å². The van der Waals surface area contributed by atoms with Crippen molar-refractivity contribution in [1.82, 2.24) is 20.5 Å². The third-order valence-electron chi connectivity index (χ3n) is 4.17. The van der Waals surface area contributed by atoms with E-state index in [9.17, 15) is 23.1 Å². The van der Waals surface area contributed by atoms with Crippen molar-refractivity contribution in [2.24, 2.45) is 4.99 Å². The lowest BCUT2D eigenvalue weighted by molar-refractivity contribution is -0.137. The lowest BCUT2D eigenvalue weighted by atomic mass is 10.2. The van der Waals surface area contributed by atoms with E-state index in [-0.39, 0.29) is 12.1 Å². The molecule has 1 heterocycles. The maximum Gasteiger partial charge on any atom is 0.305 e. The molecule has 1 aromatic rings. The minimum Gasteiger partial charge on any atom is -0.492 e. The first-order valence-electron chi connectivity index (χ1n) is 10.1. The van der Waals surface area contributed by atoms with Crippen molar-refractivity contribution in [2.45, 2.75) is 25.9 Å². The number of carbonyl (C=O) groups is 2. The molecule has 0 saturated heterocycles. The van der Waals surface area contributed by atoms with Gasteiger partial charge in [-0.3, -0.25) is 19.6 Å². The Labute approximate surface area is 186 Å². The molecule has 0 aromatic heterocycles. The number of guanidine groups is 1. The first kappa shape index (κ1) is 25.4. The van der Waals surface area contributed by atoms with Crippen LogP contribution in [0.5, 0.6) is 5.75 Å². The van der Waals surface area contributed by atoms with Crippen LogP contribution in [0.3, 0.4) is 0 Å². The van der Waals surface area contributed by atoms with E-state index < -0.39 is 40.2 Å². The van der Waals surface area contributed by atoms with Crippen LogP contribution < -0.4 is 20.2 Å². The number of aliphatic hydroxyl groups excluding tert-OH is 1. The Kier molecular flexibility index (Phi) is 9.68. The van der Waals surface area contributed by atoms with E-state index in [0.717, 1.165) is 25.5 Å². The van der Waals surface area contributed by atoms with Gasteiger partial charge in [-0.1, -0.05) is 0 Å². The Hall–Kier alpha value is -2.90. The number of amides is 1. The van der Waals surface area contributed by atoms with Crippen molar-refractivity contribution in [3.63, 3.8) is 0 Å². The predicted molar refractivity (Wildman–Crippen MR) is 117 cm³/mol. The summed E-state index contributed by atoms with van der Waals surface area (Å²) >= 11 is 0. The smallest absolute Gasteiger partial charge is 0.305 e. The van der Waals surface area contributed by atoms with Crippen LogP contribution in [0.25, 0.3) is 0 Å². The number of nitrogens with one attached hydrogen (secondary N) is 3. The number of benzene rings is 1. The van der Waals surface area contributed by atoms with Gasteiger partial charge in [0.15, 0.2) is 5.96 Å². The summed E-state index contributed by atoms with van der Waals surface area (Å²) in [6.07, 6.45) is -0.615. The molecule has 0 aliphatic carbocycles. The van der Waals surface area contributed by atoms with Crippen molar-refractivity contribution in [1.29, 1.82) is 0 Å². The minimum absolute atomic E-state index is 0.140. The number of ether oxygens (including phenoxy) is 1. The number of carboxylic acids is 1. The fourth-order valence-corrected chi connectivity index (χ4v) is 3.98. The van der Waals surface area contributed by atoms with Crippen LogP contribution in [0.15, 0.2) is 29.3 Å². The van der Waals surface area contributed by atoms with Gasteiger partial charge in [0.05, 0.1) is 24.8 Å². The van der Waals surface area contributed by atoms with Crippen LogP contribution in [0.4, 0.5) is 0 Å². The molecule has 12 nitrogen and oxygen atoms in total. The second-order valence-electron chi connectivity index (χ2n) is 7.13. The molecule has 1 atom stereocenters. The second-order valence-corrected chi connectivity index (χ2v) is 8.88. The lowest BCUT2D eigenvalue weighted by Gasteiger charge is -2.23. The van der Waals surface area contributed by atoms with E-state index >= 15 is 0 Å². The summed E-state index contributed by atoms with van der Waals surface area (Å²) < 4.78 is 29.8. The van der Waals surface area contributed by atoms with Crippen LogP contribution in [-0.4, -0.2) is 86.1 Å². The van der Waals surface area contributed by atoms with Gasteiger partial charge in [0.25, 0.3) is 5.91 Å². The van der Waals surface area contributed by atoms with Gasteiger partial charge in [0.1, 0.15) is 12.4 Å². The Morgan fingerprint density at radius 2 is 2.03 bits per heavy atom. The summed E-state index contributed by atoms with van der Waals surface area (Å²) in [5, 5.41) is 25.2. The summed E-state index contributed by atoms with van der Waals surface area (Å²) in [5.41, 5.74) is 0.140. The minimum atomic E-state index is -4.05. The number of rotatable bonds is 12. The molecular formula is C19H29N5O7S. The van der Waals surface area contributed by atoms with E-state index in [1.54, 1.807) is 12.1 Å². The Bertz CT molecular complexity index is 903. The van der Waals surface area contributed by atoms with Gasteiger partial charge in [-0.2, -0.15) is 0 Å². The van der Waals surface area contributed by atoms with E-state index in [2.05, 4.69) is 15.6 Å². The molecule has 0 saturated carbocycles. The topological polar surface area (TPSA) is 170 Å². The van der Waals surface area contributed by atoms with E-state index in [1.165, 1.54) is 19.1 Å². The highest BCUT2D eigenvalue weighted by Gasteiger charge is 2.24. The van der Waals surface area contributed by atoms with Crippen LogP contribution in [-0.2, 0) is 14.8 Å². The van der Waals surface area contributed by atoms with Gasteiger partial charge in [-0.25, -0.2) is 8.42 Å². The van der Waals surface area contributed by atoms with Gasteiger partial charge < -0.3 is 25.6 Å². The number of aliphatic hydroxyl groups is 1. The molecule has 1 aromatic carbocycles. The maximum absolute atomic E-state index is 12.7. The molecule has 2 rings (SSSR count). The Morgan fingerprint density at radius 3 is 2.62 bits per heavy atom. The zero-order chi connectivity index (χ0) is 23.6. The van der Waals surface area contributed by atoms with Gasteiger partial charge >= 0.3 is 5.97 Å². The predicted octanol–water partition coefficient (Wildman–Crippen LogP) is -0.864. The first-order chi connectivity index (χ1) is 15.2. The molecule has 1 unspecified atom stereocenters. The zero-order valence-electron chi connectivity index (χ0n) is 17.8. The van der Waals surface area contributed by atoms with Crippen molar-refractivity contribution < 1.29 is 33.0 Å². The number of aliphatic imine (C=N–C) groups is 1. The molecular weight excluding hydrogens is 442 g/mol. The summed E-state index contributed by atoms with van der Waals surface area (Å²) in [5.74, 6) is -1.31. The molecule has 0 radical (unpaired) electrons. The average molecular weight is 472 g/mol. The fraction of sp³-hybridized carbons (Fsp3) is 0.526. The number of sulfonamides is 1. The van der Waals surface area contributed by atoms with Crippen molar-refractivity contribution in [3.8, 4) is 5.75 Å². The van der Waals surface area contributed by atoms with Crippen molar-refractivity contribution in [2.75, 3.05) is 38.5 Å². The number of hydrogen-bond acceptors (Lipinski definition) is 9. The number of aliphatic carboxylic acids is 1. The van der Waals surface area contributed by atoms with Gasteiger partial charge in [-0.15, -0.1) is 4.83 Å². The molecule has 1 amide bonds. The first-order valence-corrected chi connectivity index (χ1v) is 11.8. The lowest BCUT2D eigenvalue weighted by Crippen LogP contribution is -2.48. The van der Waals surface area contributed by atoms with Crippen molar-refractivity contribution in [3.05, 3.63) is 29.8 Å². The third kappa shape index (κ3) is 9.08. The number of carboxylic acid groups (broad SMARTS) is 1. The monoisotopic (exact) mass is 471 g/mol. The van der Waals surface area contributed by atoms with Gasteiger partial charge in [-0.05, 0) is 37.6 Å². The van der Waals surface area contributed by atoms with Crippen LogP contribution >= 0.6 is 0 Å². The summed E-state index contributed by atoms with van der Waals surface area (Å²) in [7, 11) is -4.05. The molecule has 13 heteroatoms. The van der Waals surface area contributed by atoms with Crippen molar-refractivity contribution >= 4 is 27.9 Å². The largest absolute Gasteiger partial charge is 0.492 e. The maximum atomic E-state index is 12.7. The van der Waals surface area contributed by atoms with Crippen LogP contribution in [0.2, 0.25) is 0 Å². The summed E-state index contributed by atoms with van der Waals surface area (Å²) in [6, 6.07) is 6.02.